The van der Waals surface area contributed by atoms with Crippen molar-refractivity contribution in [1.29, 1.82) is 0 Å². The van der Waals surface area contributed by atoms with Gasteiger partial charge in [0.1, 0.15) is 0 Å². The highest BCUT2D eigenvalue weighted by molar-refractivity contribution is 5.75. The van der Waals surface area contributed by atoms with Crippen LogP contribution in [0.1, 0.15) is 59.8 Å². The summed E-state index contributed by atoms with van der Waals surface area (Å²) in [6.07, 6.45) is 15.0. The summed E-state index contributed by atoms with van der Waals surface area (Å²) < 4.78 is 0. The van der Waals surface area contributed by atoms with Crippen LogP contribution in [0.2, 0.25) is 0 Å². The topological polar surface area (TPSA) is 0 Å². The van der Waals surface area contributed by atoms with Crippen molar-refractivity contribution < 1.29 is 0 Å². The Morgan fingerprint density at radius 1 is 0.591 bits per heavy atom. The van der Waals surface area contributed by atoms with Gasteiger partial charge in [0.15, 0.2) is 0 Å². The van der Waals surface area contributed by atoms with Crippen molar-refractivity contribution in [2.75, 3.05) is 0 Å². The second kappa shape index (κ2) is 4.35. The number of benzene rings is 1. The van der Waals surface area contributed by atoms with Crippen molar-refractivity contribution >= 4 is 0 Å². The van der Waals surface area contributed by atoms with Crippen LogP contribution in [0, 0.1) is 13.8 Å². The first-order chi connectivity index (χ1) is 10.8. The lowest BCUT2D eigenvalue weighted by atomic mass is 9.54. The molecule has 0 nitrogen and oxygen atoms in total. The molecule has 0 N–H and O–H groups in total. The lowest BCUT2D eigenvalue weighted by Gasteiger charge is -2.49. The Labute approximate surface area is 132 Å². The first kappa shape index (κ1) is 12.7. The Morgan fingerprint density at radius 2 is 0.909 bits per heavy atom. The van der Waals surface area contributed by atoms with Crippen LogP contribution in [0.3, 0.4) is 0 Å². The highest BCUT2D eigenvalue weighted by Crippen LogP contribution is 2.62. The van der Waals surface area contributed by atoms with Crippen LogP contribution < -0.4 is 0 Å². The smallest absolute Gasteiger partial charge is 0.0345 e. The summed E-state index contributed by atoms with van der Waals surface area (Å²) in [5.74, 6) is 1.02. The van der Waals surface area contributed by atoms with Gasteiger partial charge in [-0.3, -0.25) is 0 Å². The van der Waals surface area contributed by atoms with Gasteiger partial charge in [-0.25, -0.2) is 0 Å². The van der Waals surface area contributed by atoms with Crippen molar-refractivity contribution in [1.82, 2.24) is 0 Å². The summed E-state index contributed by atoms with van der Waals surface area (Å²) in [7, 11) is 0. The van der Waals surface area contributed by atoms with E-state index >= 15 is 0 Å². The van der Waals surface area contributed by atoms with Gasteiger partial charge < -0.3 is 0 Å². The van der Waals surface area contributed by atoms with Crippen LogP contribution in [0.25, 0.3) is 0 Å². The van der Waals surface area contributed by atoms with Crippen LogP contribution in [-0.4, -0.2) is 0 Å². The first-order valence-corrected chi connectivity index (χ1v) is 8.68. The molecular formula is C22H22. The van der Waals surface area contributed by atoms with E-state index in [2.05, 4.69) is 50.3 Å². The third-order valence-corrected chi connectivity index (χ3v) is 6.00. The molecule has 0 radical (unpaired) electrons. The van der Waals surface area contributed by atoms with Crippen molar-refractivity contribution in [3.8, 4) is 0 Å². The Hall–Kier alpha value is -1.82. The van der Waals surface area contributed by atoms with Gasteiger partial charge in [0, 0.05) is 11.8 Å². The largest absolute Gasteiger partial charge is 0.0797 e. The van der Waals surface area contributed by atoms with Gasteiger partial charge >= 0.3 is 0 Å². The van der Waals surface area contributed by atoms with Gasteiger partial charge in [-0.2, -0.15) is 0 Å². The molecule has 6 rings (SSSR count). The van der Waals surface area contributed by atoms with E-state index in [1.165, 1.54) is 36.8 Å². The zero-order chi connectivity index (χ0) is 14.8. The fourth-order valence-electron chi connectivity index (χ4n) is 5.14. The Balaban J connectivity index is 1.91. The van der Waals surface area contributed by atoms with Crippen LogP contribution >= 0.6 is 0 Å². The van der Waals surface area contributed by atoms with E-state index in [-0.39, 0.29) is 0 Å². The van der Waals surface area contributed by atoms with E-state index in [1.54, 1.807) is 33.4 Å². The molecule has 0 atom stereocenters. The molecule has 2 bridgehead atoms. The zero-order valence-corrected chi connectivity index (χ0v) is 13.4. The molecule has 0 heterocycles. The predicted octanol–water partition coefficient (Wildman–Crippen LogP) is 5.79. The Morgan fingerprint density at radius 3 is 1.23 bits per heavy atom. The summed E-state index contributed by atoms with van der Waals surface area (Å²) in [4.78, 5) is 0. The fraction of sp³-hybridized carbons (Fsp3) is 0.364. The van der Waals surface area contributed by atoms with Crippen molar-refractivity contribution in [3.63, 3.8) is 0 Å². The number of hydrogen-bond acceptors (Lipinski definition) is 0. The van der Waals surface area contributed by atoms with E-state index in [0.717, 1.165) is 0 Å². The maximum atomic E-state index is 2.53. The van der Waals surface area contributed by atoms with Crippen molar-refractivity contribution in [2.45, 2.75) is 51.4 Å². The molecule has 5 aliphatic rings. The average Bonchev–Trinajstić information content (AvgIpc) is 2.58. The monoisotopic (exact) mass is 286 g/mol. The maximum absolute atomic E-state index is 2.53. The highest BCUT2D eigenvalue weighted by atomic mass is 14.5. The molecular weight excluding hydrogens is 264 g/mol. The standard InChI is InChI=1S/C22H22/c1-13-11-12-14(2)20-19(13)21-15-7-3-5-9-17(15)22(20)18-10-6-4-8-16(18)21/h7-12,21-22H,3-6H2,1-2H3. The molecule has 0 spiro atoms. The molecule has 1 fully saturated rings. The molecule has 5 aliphatic carbocycles. The summed E-state index contributed by atoms with van der Waals surface area (Å²) in [6.45, 7) is 4.61. The molecule has 0 aromatic heterocycles. The number of rotatable bonds is 0. The molecule has 1 aromatic carbocycles. The molecule has 0 amide bonds. The van der Waals surface area contributed by atoms with Crippen LogP contribution in [0.15, 0.2) is 58.7 Å². The molecule has 0 saturated heterocycles. The SMILES string of the molecule is Cc1ccc(C)c2c1C1C3=CCCC=C3C2C2=CCCC=C21. The van der Waals surface area contributed by atoms with E-state index in [1.807, 2.05) is 0 Å². The first-order valence-electron chi connectivity index (χ1n) is 8.68. The van der Waals surface area contributed by atoms with E-state index in [0.29, 0.717) is 11.8 Å². The fourth-order valence-corrected chi connectivity index (χ4v) is 5.14. The number of hydrogen-bond donors (Lipinski definition) is 0. The van der Waals surface area contributed by atoms with Gasteiger partial charge in [0.25, 0.3) is 0 Å². The maximum Gasteiger partial charge on any atom is 0.0345 e. The zero-order valence-electron chi connectivity index (χ0n) is 13.4. The van der Waals surface area contributed by atoms with Gasteiger partial charge in [-0.05, 0) is 84.1 Å². The summed E-state index contributed by atoms with van der Waals surface area (Å²) in [5, 5.41) is 0. The van der Waals surface area contributed by atoms with Gasteiger partial charge in [0.05, 0.1) is 0 Å². The average molecular weight is 286 g/mol. The Bertz CT molecular complexity index is 702. The highest BCUT2D eigenvalue weighted by Gasteiger charge is 2.47. The predicted molar refractivity (Wildman–Crippen MR) is 92.2 cm³/mol. The third kappa shape index (κ3) is 1.43. The van der Waals surface area contributed by atoms with E-state index < -0.39 is 0 Å². The number of aryl methyl sites for hydroxylation is 2. The summed E-state index contributed by atoms with van der Waals surface area (Å²) >= 11 is 0. The van der Waals surface area contributed by atoms with Crippen LogP contribution in [0.4, 0.5) is 0 Å². The van der Waals surface area contributed by atoms with E-state index in [4.69, 9.17) is 0 Å². The minimum absolute atomic E-state index is 0.512. The van der Waals surface area contributed by atoms with Crippen molar-refractivity contribution in [2.24, 2.45) is 0 Å². The molecule has 1 saturated carbocycles. The third-order valence-electron chi connectivity index (χ3n) is 6.00. The molecule has 1 aromatic rings. The molecule has 0 heteroatoms. The van der Waals surface area contributed by atoms with Gasteiger partial charge in [-0.1, -0.05) is 36.4 Å². The second-order valence-electron chi connectivity index (χ2n) is 7.19. The normalized spacial score (nSPS) is 27.9. The minimum Gasteiger partial charge on any atom is -0.0797 e. The summed E-state index contributed by atoms with van der Waals surface area (Å²) in [5.41, 5.74) is 12.7. The lowest BCUT2D eigenvalue weighted by molar-refractivity contribution is 0.677. The molecule has 110 valence electrons. The quantitative estimate of drug-likeness (QED) is 0.566. The summed E-state index contributed by atoms with van der Waals surface area (Å²) in [6, 6.07) is 4.66. The number of allylic oxidation sites excluding steroid dienone is 8. The van der Waals surface area contributed by atoms with Crippen LogP contribution in [-0.2, 0) is 0 Å². The second-order valence-corrected chi connectivity index (χ2v) is 7.19. The lowest BCUT2D eigenvalue weighted by Crippen LogP contribution is -2.33. The molecule has 0 unspecified atom stereocenters. The van der Waals surface area contributed by atoms with Crippen LogP contribution in [0.5, 0.6) is 0 Å². The van der Waals surface area contributed by atoms with E-state index in [9.17, 15) is 0 Å². The molecule has 0 aliphatic heterocycles. The molecule has 22 heavy (non-hydrogen) atoms. The minimum atomic E-state index is 0.512. The Kier molecular flexibility index (Phi) is 2.51. The van der Waals surface area contributed by atoms with Crippen molar-refractivity contribution in [3.05, 3.63) is 81.0 Å². The van der Waals surface area contributed by atoms with Gasteiger partial charge in [0.2, 0.25) is 0 Å². The van der Waals surface area contributed by atoms with Gasteiger partial charge in [-0.15, -0.1) is 0 Å².